The summed E-state index contributed by atoms with van der Waals surface area (Å²) in [6.07, 6.45) is 3.36. The third kappa shape index (κ3) is 2.89. The number of hydrogen-bond acceptors (Lipinski definition) is 7. The highest BCUT2D eigenvalue weighted by Crippen LogP contribution is 2.19. The van der Waals surface area contributed by atoms with Crippen molar-refractivity contribution >= 4 is 17.6 Å². The molecule has 21 heavy (non-hydrogen) atoms. The van der Waals surface area contributed by atoms with Crippen molar-refractivity contribution in [3.8, 4) is 11.7 Å². The summed E-state index contributed by atoms with van der Waals surface area (Å²) in [5.41, 5.74) is 6.49. The highest BCUT2D eigenvalue weighted by atomic mass is 16.5. The number of aromatic nitrogens is 5. The molecule has 0 fully saturated rings. The molecular weight excluding hydrogens is 270 g/mol. The van der Waals surface area contributed by atoms with Crippen molar-refractivity contribution in [1.29, 1.82) is 0 Å². The van der Waals surface area contributed by atoms with Gasteiger partial charge in [-0.2, -0.15) is 20.1 Å². The maximum absolute atomic E-state index is 5.71. The van der Waals surface area contributed by atoms with Crippen LogP contribution in [0.2, 0.25) is 0 Å². The fourth-order valence-corrected chi connectivity index (χ4v) is 1.76. The number of hydrogen-bond donors (Lipinski definition) is 2. The maximum atomic E-state index is 5.71. The first-order valence-corrected chi connectivity index (χ1v) is 6.17. The van der Waals surface area contributed by atoms with Crippen LogP contribution in [-0.4, -0.2) is 31.8 Å². The van der Waals surface area contributed by atoms with Crippen LogP contribution in [0.4, 0.5) is 17.6 Å². The Labute approximate surface area is 120 Å². The zero-order valence-corrected chi connectivity index (χ0v) is 11.3. The second-order valence-electron chi connectivity index (χ2n) is 4.12. The molecule has 0 radical (unpaired) electrons. The van der Waals surface area contributed by atoms with Crippen molar-refractivity contribution in [3.63, 3.8) is 0 Å². The van der Waals surface area contributed by atoms with E-state index in [0.717, 1.165) is 11.4 Å². The number of ether oxygens (including phenoxy) is 1. The Morgan fingerprint density at radius 1 is 1.19 bits per heavy atom. The summed E-state index contributed by atoms with van der Waals surface area (Å²) in [7, 11) is 1.61. The molecule has 8 heteroatoms. The molecule has 0 atom stereocenters. The van der Waals surface area contributed by atoms with Gasteiger partial charge in [0.05, 0.1) is 7.11 Å². The highest BCUT2D eigenvalue weighted by Gasteiger charge is 2.07. The Hall–Kier alpha value is -3.16. The zero-order chi connectivity index (χ0) is 14.7. The van der Waals surface area contributed by atoms with E-state index in [9.17, 15) is 0 Å². The number of rotatable bonds is 4. The van der Waals surface area contributed by atoms with E-state index >= 15 is 0 Å². The Morgan fingerprint density at radius 2 is 2.10 bits per heavy atom. The summed E-state index contributed by atoms with van der Waals surface area (Å²) < 4.78 is 6.68. The van der Waals surface area contributed by atoms with Crippen molar-refractivity contribution < 1.29 is 4.74 Å². The van der Waals surface area contributed by atoms with Crippen molar-refractivity contribution in [1.82, 2.24) is 24.7 Å². The average molecular weight is 283 g/mol. The molecule has 0 bridgehead atoms. The van der Waals surface area contributed by atoms with Crippen LogP contribution in [0.25, 0.3) is 5.95 Å². The fraction of sp³-hybridized carbons (Fsp3) is 0.0769. The molecule has 0 aliphatic rings. The molecule has 0 aliphatic carbocycles. The molecule has 3 N–H and O–H groups in total. The first-order valence-electron chi connectivity index (χ1n) is 6.17. The minimum absolute atomic E-state index is 0.112. The van der Waals surface area contributed by atoms with Gasteiger partial charge in [0.25, 0.3) is 5.95 Å². The smallest absolute Gasteiger partial charge is 0.257 e. The SMILES string of the molecule is COc1cccc(Nc2nc(N)nc(-n3cccn3)n2)c1. The van der Waals surface area contributed by atoms with Gasteiger partial charge in [-0.05, 0) is 18.2 Å². The summed E-state index contributed by atoms with van der Waals surface area (Å²) in [6.45, 7) is 0. The number of anilines is 3. The number of benzene rings is 1. The topological polar surface area (TPSA) is 104 Å². The second-order valence-corrected chi connectivity index (χ2v) is 4.12. The summed E-state index contributed by atoms with van der Waals surface area (Å²) in [6, 6.07) is 9.18. The predicted molar refractivity (Wildman–Crippen MR) is 77.6 cm³/mol. The van der Waals surface area contributed by atoms with Gasteiger partial charge in [0.2, 0.25) is 11.9 Å². The number of nitrogens with zero attached hydrogens (tertiary/aromatic N) is 5. The molecule has 106 valence electrons. The predicted octanol–water partition coefficient (Wildman–Crippen LogP) is 1.39. The van der Waals surface area contributed by atoms with Crippen molar-refractivity contribution in [2.45, 2.75) is 0 Å². The number of nitrogen functional groups attached to an aromatic ring is 1. The molecular formula is C13H13N7O. The summed E-state index contributed by atoms with van der Waals surface area (Å²) >= 11 is 0. The monoisotopic (exact) mass is 283 g/mol. The van der Waals surface area contributed by atoms with Crippen LogP contribution in [0.15, 0.2) is 42.7 Å². The molecule has 0 saturated carbocycles. The fourth-order valence-electron chi connectivity index (χ4n) is 1.76. The number of methoxy groups -OCH3 is 1. The van der Waals surface area contributed by atoms with Crippen LogP contribution in [0, 0.1) is 0 Å². The van der Waals surface area contributed by atoms with Gasteiger partial charge in [-0.15, -0.1) is 0 Å². The minimum atomic E-state index is 0.112. The van der Waals surface area contributed by atoms with Crippen molar-refractivity contribution in [3.05, 3.63) is 42.7 Å². The van der Waals surface area contributed by atoms with Crippen LogP contribution >= 0.6 is 0 Å². The first-order chi connectivity index (χ1) is 10.2. The Balaban J connectivity index is 1.91. The van der Waals surface area contributed by atoms with E-state index in [1.54, 1.807) is 25.6 Å². The summed E-state index contributed by atoms with van der Waals surface area (Å²) in [5.74, 6) is 1.52. The minimum Gasteiger partial charge on any atom is -0.497 e. The second kappa shape index (κ2) is 5.45. The Morgan fingerprint density at radius 3 is 2.86 bits per heavy atom. The lowest BCUT2D eigenvalue weighted by Crippen LogP contribution is -2.09. The van der Waals surface area contributed by atoms with E-state index in [2.05, 4.69) is 25.4 Å². The molecule has 0 saturated heterocycles. The Bertz CT molecular complexity index is 742. The molecule has 0 aliphatic heterocycles. The molecule has 3 rings (SSSR count). The molecule has 0 amide bonds. The van der Waals surface area contributed by atoms with Crippen molar-refractivity contribution in [2.75, 3.05) is 18.2 Å². The van der Waals surface area contributed by atoms with Gasteiger partial charge in [-0.25, -0.2) is 4.68 Å². The van der Waals surface area contributed by atoms with Crippen LogP contribution in [0.1, 0.15) is 0 Å². The quantitative estimate of drug-likeness (QED) is 0.745. The lowest BCUT2D eigenvalue weighted by atomic mass is 10.3. The largest absolute Gasteiger partial charge is 0.497 e. The highest BCUT2D eigenvalue weighted by molar-refractivity contribution is 5.56. The zero-order valence-electron chi connectivity index (χ0n) is 11.3. The summed E-state index contributed by atoms with van der Waals surface area (Å²) in [4.78, 5) is 12.4. The van der Waals surface area contributed by atoms with E-state index in [0.29, 0.717) is 11.9 Å². The first kappa shape index (κ1) is 12.9. The molecule has 3 aromatic rings. The van der Waals surface area contributed by atoms with E-state index in [1.807, 2.05) is 24.3 Å². The summed E-state index contributed by atoms with van der Waals surface area (Å²) in [5, 5.41) is 7.12. The molecule has 2 heterocycles. The van der Waals surface area contributed by atoms with Gasteiger partial charge in [-0.1, -0.05) is 6.07 Å². The van der Waals surface area contributed by atoms with Crippen LogP contribution in [0.3, 0.4) is 0 Å². The van der Waals surface area contributed by atoms with Gasteiger partial charge in [0, 0.05) is 24.1 Å². The van der Waals surface area contributed by atoms with Crippen LogP contribution in [0.5, 0.6) is 5.75 Å². The molecule has 0 spiro atoms. The van der Waals surface area contributed by atoms with Gasteiger partial charge < -0.3 is 15.8 Å². The molecule has 8 nitrogen and oxygen atoms in total. The lowest BCUT2D eigenvalue weighted by molar-refractivity contribution is 0.415. The number of nitrogens with two attached hydrogens (primary N) is 1. The van der Waals surface area contributed by atoms with E-state index < -0.39 is 0 Å². The third-order valence-corrected chi connectivity index (χ3v) is 2.68. The van der Waals surface area contributed by atoms with E-state index in [1.165, 1.54) is 4.68 Å². The molecule has 0 unspecified atom stereocenters. The third-order valence-electron chi connectivity index (χ3n) is 2.68. The van der Waals surface area contributed by atoms with Crippen LogP contribution < -0.4 is 15.8 Å². The van der Waals surface area contributed by atoms with E-state index in [4.69, 9.17) is 10.5 Å². The molecule has 2 aromatic heterocycles. The van der Waals surface area contributed by atoms with Gasteiger partial charge in [0.1, 0.15) is 5.75 Å². The lowest BCUT2D eigenvalue weighted by Gasteiger charge is -2.08. The van der Waals surface area contributed by atoms with Gasteiger partial charge in [-0.3, -0.25) is 0 Å². The van der Waals surface area contributed by atoms with Gasteiger partial charge >= 0.3 is 0 Å². The van der Waals surface area contributed by atoms with Crippen LogP contribution in [-0.2, 0) is 0 Å². The molecule has 1 aromatic carbocycles. The normalized spacial score (nSPS) is 10.3. The standard InChI is InChI=1S/C13H13N7O/c1-21-10-5-2-4-9(8-10)16-12-17-11(14)18-13(19-12)20-7-3-6-15-20/h2-8H,1H3,(H3,14,16,17,18,19). The number of nitrogens with one attached hydrogen (secondary N) is 1. The average Bonchev–Trinajstić information content (AvgIpc) is 3.01. The van der Waals surface area contributed by atoms with Crippen molar-refractivity contribution in [2.24, 2.45) is 0 Å². The van der Waals surface area contributed by atoms with E-state index in [-0.39, 0.29) is 5.95 Å². The Kier molecular flexibility index (Phi) is 3.34. The maximum Gasteiger partial charge on any atom is 0.257 e. The van der Waals surface area contributed by atoms with Gasteiger partial charge in [0.15, 0.2) is 0 Å².